The van der Waals surface area contributed by atoms with Gasteiger partial charge in [-0.25, -0.2) is 0 Å². The lowest BCUT2D eigenvalue weighted by atomic mass is 10.1. The Labute approximate surface area is 116 Å². The van der Waals surface area contributed by atoms with E-state index in [0.29, 0.717) is 28.8 Å². The maximum Gasteiger partial charge on any atom is 0.237 e. The van der Waals surface area contributed by atoms with Crippen LogP contribution >= 0.6 is 35.8 Å². The topological polar surface area (TPSA) is 55.1 Å². The molecule has 6 heteroatoms. The van der Waals surface area contributed by atoms with E-state index >= 15 is 0 Å². The van der Waals surface area contributed by atoms with E-state index in [1.165, 1.54) is 0 Å². The fraction of sp³-hybridized carbons (Fsp3) is 0.364. The molecular formula is C11H14Cl2N2OS. The molecule has 94 valence electrons. The number of thiol groups is 1. The van der Waals surface area contributed by atoms with Crippen molar-refractivity contribution >= 4 is 41.7 Å². The summed E-state index contributed by atoms with van der Waals surface area (Å²) < 4.78 is 0. The zero-order chi connectivity index (χ0) is 12.8. The Hall–Kier alpha value is -0.420. The van der Waals surface area contributed by atoms with Crippen LogP contribution in [0.4, 0.5) is 0 Å². The van der Waals surface area contributed by atoms with Crippen LogP contribution in [0.3, 0.4) is 0 Å². The van der Waals surface area contributed by atoms with Gasteiger partial charge in [-0.05, 0) is 24.1 Å². The minimum Gasteiger partial charge on any atom is -0.354 e. The predicted molar refractivity (Wildman–Crippen MR) is 75.0 cm³/mol. The van der Waals surface area contributed by atoms with Crippen LogP contribution in [0.15, 0.2) is 18.2 Å². The molecule has 0 fully saturated rings. The highest BCUT2D eigenvalue weighted by atomic mass is 35.5. The average Bonchev–Trinajstić information content (AvgIpc) is 2.30. The minimum atomic E-state index is -0.570. The lowest BCUT2D eigenvalue weighted by Crippen LogP contribution is -2.42. The number of benzene rings is 1. The van der Waals surface area contributed by atoms with Crippen LogP contribution in [0.5, 0.6) is 0 Å². The third-order valence-electron chi connectivity index (χ3n) is 2.24. The maximum absolute atomic E-state index is 11.4. The molecule has 0 aliphatic heterocycles. The molecule has 1 amide bonds. The Balaban J connectivity index is 2.43. The second kappa shape index (κ2) is 7.11. The lowest BCUT2D eigenvalue weighted by Gasteiger charge is -2.10. The smallest absolute Gasteiger partial charge is 0.237 e. The van der Waals surface area contributed by atoms with Crippen LogP contribution in [0.1, 0.15) is 5.56 Å². The van der Waals surface area contributed by atoms with E-state index in [1.807, 2.05) is 6.07 Å². The Morgan fingerprint density at radius 3 is 2.76 bits per heavy atom. The van der Waals surface area contributed by atoms with Crippen LogP contribution in [-0.2, 0) is 11.2 Å². The van der Waals surface area contributed by atoms with Crippen molar-refractivity contribution in [3.63, 3.8) is 0 Å². The van der Waals surface area contributed by atoms with Gasteiger partial charge >= 0.3 is 0 Å². The molecule has 0 radical (unpaired) electrons. The molecule has 0 aliphatic carbocycles. The van der Waals surface area contributed by atoms with Crippen LogP contribution in [-0.4, -0.2) is 24.2 Å². The Morgan fingerprint density at radius 1 is 1.47 bits per heavy atom. The van der Waals surface area contributed by atoms with Crippen molar-refractivity contribution in [2.45, 2.75) is 12.5 Å². The number of hydrogen-bond acceptors (Lipinski definition) is 3. The van der Waals surface area contributed by atoms with Gasteiger partial charge in [0.25, 0.3) is 0 Å². The molecule has 1 rings (SSSR count). The van der Waals surface area contributed by atoms with Crippen molar-refractivity contribution < 1.29 is 4.79 Å². The van der Waals surface area contributed by atoms with Crippen LogP contribution < -0.4 is 11.1 Å². The van der Waals surface area contributed by atoms with Crippen molar-refractivity contribution in [3.05, 3.63) is 33.8 Å². The standard InChI is InChI=1S/C11H14Cl2N2OS/c12-8-2-1-7(9(13)5-8)3-4-15-11(16)10(14)6-17/h1-2,5,10,17H,3-4,6,14H2,(H,15,16). The molecule has 0 saturated heterocycles. The molecule has 3 N–H and O–H groups in total. The van der Waals surface area contributed by atoms with Crippen LogP contribution in [0.25, 0.3) is 0 Å². The molecule has 1 aromatic rings. The summed E-state index contributed by atoms with van der Waals surface area (Å²) in [6.07, 6.45) is 0.640. The second-order valence-corrected chi connectivity index (χ2v) is 4.77. The number of carbonyl (C=O) groups is 1. The normalized spacial score (nSPS) is 12.2. The number of nitrogens with two attached hydrogens (primary N) is 1. The summed E-state index contributed by atoms with van der Waals surface area (Å²) in [5, 5.41) is 3.92. The Morgan fingerprint density at radius 2 is 2.18 bits per heavy atom. The summed E-state index contributed by atoms with van der Waals surface area (Å²) in [6.45, 7) is 0.488. The highest BCUT2D eigenvalue weighted by Gasteiger charge is 2.10. The van der Waals surface area contributed by atoms with Crippen molar-refractivity contribution in [2.24, 2.45) is 5.73 Å². The quantitative estimate of drug-likeness (QED) is 0.726. The highest BCUT2D eigenvalue weighted by Crippen LogP contribution is 2.20. The van der Waals surface area contributed by atoms with Crippen molar-refractivity contribution in [3.8, 4) is 0 Å². The summed E-state index contributed by atoms with van der Waals surface area (Å²) in [5.41, 5.74) is 6.45. The molecule has 1 atom stereocenters. The number of nitrogens with one attached hydrogen (secondary N) is 1. The van der Waals surface area contributed by atoms with E-state index in [4.69, 9.17) is 28.9 Å². The molecule has 0 bridgehead atoms. The average molecular weight is 293 g/mol. The van der Waals surface area contributed by atoms with E-state index in [0.717, 1.165) is 5.56 Å². The predicted octanol–water partition coefficient (Wildman–Crippen LogP) is 1.91. The van der Waals surface area contributed by atoms with E-state index in [2.05, 4.69) is 17.9 Å². The number of hydrogen-bond donors (Lipinski definition) is 3. The number of amides is 1. The molecule has 17 heavy (non-hydrogen) atoms. The van der Waals surface area contributed by atoms with E-state index in [-0.39, 0.29) is 5.91 Å². The molecule has 3 nitrogen and oxygen atoms in total. The number of carbonyl (C=O) groups excluding carboxylic acids is 1. The first-order valence-corrected chi connectivity index (χ1v) is 6.51. The van der Waals surface area contributed by atoms with Gasteiger partial charge in [-0.2, -0.15) is 12.6 Å². The summed E-state index contributed by atoms with van der Waals surface area (Å²) in [6, 6.07) is 4.72. The van der Waals surface area contributed by atoms with Crippen molar-refractivity contribution in [1.82, 2.24) is 5.32 Å². The summed E-state index contributed by atoms with van der Waals surface area (Å²) in [7, 11) is 0. The molecule has 0 saturated carbocycles. The summed E-state index contributed by atoms with van der Waals surface area (Å²) in [5.74, 6) is 0.123. The molecule has 0 spiro atoms. The van der Waals surface area contributed by atoms with Gasteiger partial charge in [0.15, 0.2) is 0 Å². The van der Waals surface area contributed by atoms with Crippen molar-refractivity contribution in [2.75, 3.05) is 12.3 Å². The zero-order valence-electron chi connectivity index (χ0n) is 9.12. The van der Waals surface area contributed by atoms with Crippen molar-refractivity contribution in [1.29, 1.82) is 0 Å². The zero-order valence-corrected chi connectivity index (χ0v) is 11.5. The van der Waals surface area contributed by atoms with Gasteiger partial charge in [0.1, 0.15) is 0 Å². The molecule has 0 aliphatic rings. The molecule has 1 aromatic carbocycles. The minimum absolute atomic E-state index is 0.204. The van der Waals surface area contributed by atoms with E-state index in [9.17, 15) is 4.79 Å². The second-order valence-electron chi connectivity index (χ2n) is 3.57. The fourth-order valence-electron chi connectivity index (χ4n) is 1.26. The number of rotatable bonds is 5. The van der Waals surface area contributed by atoms with Gasteiger partial charge in [0, 0.05) is 22.3 Å². The van der Waals surface area contributed by atoms with E-state index < -0.39 is 6.04 Å². The fourth-order valence-corrected chi connectivity index (χ4v) is 1.93. The molecular weight excluding hydrogens is 279 g/mol. The third-order valence-corrected chi connectivity index (χ3v) is 3.22. The third kappa shape index (κ3) is 4.76. The van der Waals surface area contributed by atoms with Gasteiger partial charge in [-0.1, -0.05) is 29.3 Å². The van der Waals surface area contributed by atoms with Gasteiger partial charge in [-0.15, -0.1) is 0 Å². The molecule has 0 heterocycles. The SMILES string of the molecule is NC(CS)C(=O)NCCc1ccc(Cl)cc1Cl. The highest BCUT2D eigenvalue weighted by molar-refractivity contribution is 7.80. The summed E-state index contributed by atoms with van der Waals surface area (Å²) >= 11 is 15.7. The van der Waals surface area contributed by atoms with Gasteiger partial charge < -0.3 is 11.1 Å². The van der Waals surface area contributed by atoms with Crippen LogP contribution in [0, 0.1) is 0 Å². The van der Waals surface area contributed by atoms with Crippen LogP contribution in [0.2, 0.25) is 10.0 Å². The monoisotopic (exact) mass is 292 g/mol. The summed E-state index contributed by atoms with van der Waals surface area (Å²) in [4.78, 5) is 11.4. The Kier molecular flexibility index (Phi) is 6.12. The van der Waals surface area contributed by atoms with E-state index in [1.54, 1.807) is 12.1 Å². The first-order chi connectivity index (χ1) is 8.04. The van der Waals surface area contributed by atoms with Gasteiger partial charge in [0.2, 0.25) is 5.91 Å². The lowest BCUT2D eigenvalue weighted by molar-refractivity contribution is -0.121. The first kappa shape index (κ1) is 14.6. The van der Waals surface area contributed by atoms with Gasteiger partial charge in [-0.3, -0.25) is 4.79 Å². The van der Waals surface area contributed by atoms with Gasteiger partial charge in [0.05, 0.1) is 6.04 Å². The number of halogens is 2. The maximum atomic E-state index is 11.4. The molecule has 0 aromatic heterocycles. The largest absolute Gasteiger partial charge is 0.354 e. The Bertz CT molecular complexity index is 401. The molecule has 1 unspecified atom stereocenters. The first-order valence-electron chi connectivity index (χ1n) is 5.12.